The fourth-order valence-electron chi connectivity index (χ4n) is 17.7. The number of fused-ring (bicyclic) bond motifs is 4. The third-order valence-corrected chi connectivity index (χ3v) is 25.6. The zero-order valence-electron chi connectivity index (χ0n) is 81.4. The van der Waals surface area contributed by atoms with Crippen LogP contribution in [-0.4, -0.2) is 107 Å². The SMILES string of the molecule is CC(C)(C)OC(=O)NC1(c2ccc(-c3nc4ccc(Cl)nc4nc3-c3ccccc3)cc2)CCC1.CC(C)(C)OC(=O)NC1(c2ccc(-c3nc4ccc(NN)nc4nc3-c3ccccc3)cc2)CCC1.CC(C)(C)OC(=O)NC1(c2ccc(-c3nc4nc(Cl)ccc4nc3-c3ccccc3)cc2)CCC1.CC(C)(C)OC(=O)NC1(c2ccc(-c3nc4nc(NN)ccc4nc3-c3ccccc3)cc2)CCC1. The summed E-state index contributed by atoms with van der Waals surface area (Å²) >= 11 is 12.2. The van der Waals surface area contributed by atoms with Crippen LogP contribution in [-0.2, 0) is 41.1 Å². The van der Waals surface area contributed by atoms with E-state index in [4.69, 9.17) is 93.7 Å². The quantitative estimate of drug-likeness (QED) is 0.0171. The van der Waals surface area contributed by atoms with Gasteiger partial charge >= 0.3 is 24.4 Å². The van der Waals surface area contributed by atoms with Crippen LogP contribution < -0.4 is 43.8 Å². The molecule has 30 heteroatoms. The molecule has 20 rings (SSSR count). The van der Waals surface area contributed by atoms with E-state index in [0.717, 1.165) is 189 Å². The van der Waals surface area contributed by atoms with Crippen LogP contribution in [0.15, 0.2) is 267 Å². The van der Waals surface area contributed by atoms with E-state index in [0.29, 0.717) is 66.6 Å². The fourth-order valence-corrected chi connectivity index (χ4v) is 18.0. The van der Waals surface area contributed by atoms with Crippen LogP contribution in [0.5, 0.6) is 0 Å². The van der Waals surface area contributed by atoms with Crippen molar-refractivity contribution < 1.29 is 38.1 Å². The van der Waals surface area contributed by atoms with Crippen LogP contribution in [0.25, 0.3) is 135 Å². The Morgan fingerprint density at radius 2 is 0.437 bits per heavy atom. The number of halogens is 2. The highest BCUT2D eigenvalue weighted by Crippen LogP contribution is 2.48. The van der Waals surface area contributed by atoms with Crippen molar-refractivity contribution in [1.29, 1.82) is 0 Å². The number of pyridine rings is 4. The number of alkyl carbamates (subject to hydrolysis) is 4. The summed E-state index contributed by atoms with van der Waals surface area (Å²) in [7, 11) is 0. The lowest BCUT2D eigenvalue weighted by Gasteiger charge is -2.43. The first-order chi connectivity index (χ1) is 68.0. The summed E-state index contributed by atoms with van der Waals surface area (Å²) in [5.41, 5.74) is 23.8. The number of hydrogen-bond acceptors (Lipinski definition) is 24. The highest BCUT2D eigenvalue weighted by molar-refractivity contribution is 6.30. The van der Waals surface area contributed by atoms with Crippen LogP contribution in [0.3, 0.4) is 0 Å². The molecule has 0 unspecified atom stereocenters. The van der Waals surface area contributed by atoms with Gasteiger partial charge in [-0.2, -0.15) is 0 Å². The van der Waals surface area contributed by atoms with Crippen molar-refractivity contribution in [2.24, 2.45) is 11.7 Å². The van der Waals surface area contributed by atoms with E-state index in [9.17, 15) is 19.2 Å². The molecule has 10 N–H and O–H groups in total. The number of anilines is 2. The molecular formula is C112H114Cl2N20O8. The summed E-state index contributed by atoms with van der Waals surface area (Å²) in [6, 6.07) is 86.9. The van der Waals surface area contributed by atoms with Crippen LogP contribution in [0, 0.1) is 0 Å². The van der Waals surface area contributed by atoms with Crippen molar-refractivity contribution in [2.75, 3.05) is 10.9 Å². The number of nitrogens with zero attached hydrogens (tertiary/aromatic N) is 12. The van der Waals surface area contributed by atoms with Crippen LogP contribution in [0.1, 0.15) is 182 Å². The van der Waals surface area contributed by atoms with Gasteiger partial charge in [0, 0.05) is 44.5 Å². The normalized spacial score (nSPS) is 14.8. The molecule has 4 saturated carbocycles. The first kappa shape index (κ1) is 98.5. The number of carbonyl (C=O) groups excluding carboxylic acids is 4. The molecule has 0 bridgehead atoms. The molecule has 4 aliphatic carbocycles. The molecule has 16 aromatic rings. The molecule has 0 saturated heterocycles. The average molecular weight is 1940 g/mol. The van der Waals surface area contributed by atoms with E-state index >= 15 is 0 Å². The number of ether oxygens (including phenoxy) is 4. The van der Waals surface area contributed by atoms with Gasteiger partial charge in [-0.15, -0.1) is 0 Å². The Morgan fingerprint density at radius 3 is 0.627 bits per heavy atom. The molecular weight excluding hydrogens is 1820 g/mol. The number of benzene rings is 8. The van der Waals surface area contributed by atoms with Crippen molar-refractivity contribution in [2.45, 2.75) is 205 Å². The number of hydrogen-bond donors (Lipinski definition) is 8. The minimum atomic E-state index is -0.547. The van der Waals surface area contributed by atoms with Crippen molar-refractivity contribution in [3.63, 3.8) is 0 Å². The fraction of sp³-hybridized carbons (Fsp3) is 0.286. The van der Waals surface area contributed by atoms with Crippen molar-refractivity contribution in [3.05, 3.63) is 299 Å². The minimum Gasteiger partial charge on any atom is -0.444 e. The number of rotatable bonds is 18. The largest absolute Gasteiger partial charge is 0.444 e. The predicted molar refractivity (Wildman–Crippen MR) is 558 cm³/mol. The molecule has 4 aliphatic rings. The van der Waals surface area contributed by atoms with Gasteiger partial charge in [-0.25, -0.2) is 90.7 Å². The van der Waals surface area contributed by atoms with E-state index in [-0.39, 0.29) is 6.09 Å². The number of carbonyl (C=O) groups is 4. The third-order valence-electron chi connectivity index (χ3n) is 25.2. The first-order valence-electron chi connectivity index (χ1n) is 47.7. The van der Waals surface area contributed by atoms with E-state index in [1.54, 1.807) is 24.3 Å². The Kier molecular flexibility index (Phi) is 28.4. The van der Waals surface area contributed by atoms with E-state index < -0.39 is 62.8 Å². The zero-order valence-corrected chi connectivity index (χ0v) is 82.9. The Bertz CT molecular complexity index is 7280. The summed E-state index contributed by atoms with van der Waals surface area (Å²) in [5, 5.41) is 13.2. The number of aromatic nitrogens is 12. The van der Waals surface area contributed by atoms with Crippen molar-refractivity contribution in [1.82, 2.24) is 81.1 Å². The van der Waals surface area contributed by atoms with Gasteiger partial charge < -0.3 is 51.1 Å². The molecule has 8 aromatic heterocycles. The van der Waals surface area contributed by atoms with Crippen molar-refractivity contribution >= 4 is 104 Å². The monoisotopic (exact) mass is 1940 g/mol. The Hall–Kier alpha value is -15.1. The second-order valence-electron chi connectivity index (χ2n) is 40.0. The zero-order chi connectivity index (χ0) is 99.9. The molecule has 4 amide bonds. The van der Waals surface area contributed by atoms with Gasteiger partial charge in [-0.1, -0.05) is 242 Å². The maximum absolute atomic E-state index is 12.5. The van der Waals surface area contributed by atoms with Crippen LogP contribution >= 0.6 is 23.2 Å². The maximum atomic E-state index is 12.5. The number of nitrogens with one attached hydrogen (secondary N) is 6. The highest BCUT2D eigenvalue weighted by atomic mass is 35.5. The number of amides is 4. The van der Waals surface area contributed by atoms with Gasteiger partial charge in [0.05, 0.1) is 67.7 Å². The third kappa shape index (κ3) is 23.0. The first-order valence-corrected chi connectivity index (χ1v) is 48.4. The Labute approximate surface area is 834 Å². The molecule has 28 nitrogen and oxygen atoms in total. The molecule has 724 valence electrons. The number of hydrazine groups is 2. The summed E-state index contributed by atoms with van der Waals surface area (Å²) < 4.78 is 22.1. The lowest BCUT2D eigenvalue weighted by Crippen LogP contribution is -2.52. The average Bonchev–Trinajstić information content (AvgIpc) is 0.766. The molecule has 0 spiro atoms. The molecule has 0 aliphatic heterocycles. The Balaban J connectivity index is 0.000000130. The summed E-state index contributed by atoms with van der Waals surface area (Å²) in [6.07, 6.45) is 9.64. The lowest BCUT2D eigenvalue weighted by molar-refractivity contribution is 0.0365. The summed E-state index contributed by atoms with van der Waals surface area (Å²) in [4.78, 5) is 107. The predicted octanol–water partition coefficient (Wildman–Crippen LogP) is 24.9. The lowest BCUT2D eigenvalue weighted by atomic mass is 9.71. The molecule has 8 aromatic carbocycles. The molecule has 0 radical (unpaired) electrons. The van der Waals surface area contributed by atoms with Crippen molar-refractivity contribution in [3.8, 4) is 90.1 Å². The highest BCUT2D eigenvalue weighted by Gasteiger charge is 2.46. The molecule has 4 fully saturated rings. The van der Waals surface area contributed by atoms with Gasteiger partial charge in [0.25, 0.3) is 0 Å². The van der Waals surface area contributed by atoms with E-state index in [2.05, 4.69) is 101 Å². The number of nitrogen functional groups attached to an aromatic ring is 2. The van der Waals surface area contributed by atoms with E-state index in [1.807, 2.05) is 277 Å². The van der Waals surface area contributed by atoms with Crippen LogP contribution in [0.2, 0.25) is 10.3 Å². The topological polar surface area (TPSA) is 384 Å². The number of nitrogens with two attached hydrogens (primary N) is 2. The summed E-state index contributed by atoms with van der Waals surface area (Å²) in [5.74, 6) is 12.1. The maximum Gasteiger partial charge on any atom is 0.408 e. The minimum absolute atomic E-state index is 0.376. The second kappa shape index (κ2) is 41.0. The molecule has 0 atom stereocenters. The molecule has 8 heterocycles. The van der Waals surface area contributed by atoms with Gasteiger partial charge in [0.15, 0.2) is 22.6 Å². The second-order valence-corrected chi connectivity index (χ2v) is 40.8. The standard InChI is InChI=1S/2C28H27ClN4O2.2C28H30N6O2/c1-27(2,3)35-26(34)33-28(16-7-17-28)20-12-10-19(11-13-20)23-24(18-8-5-4-6-9-18)32-25-21(30-23)14-15-22(29)31-25;1-27(2,3)35-26(34)33-28(16-7-17-28)20-12-10-19(11-13-20)24-23(18-8-5-4-6-9-18)30-21-14-15-22(29)31-25(21)32-24;1-27(2,3)36-26(35)33-28(16-7-17-28)20-12-10-19(11-13-20)23-24(18-8-5-4-6-9-18)32-25-21(30-23)14-15-22(31-25)34-29;1-27(2,3)36-26(35)33-28(16-7-17-28)20-12-10-19(11-13-20)24-23(18-8-5-4-6-9-18)30-21-14-15-22(34-29)31-25(21)32-24/h2*4-6,8-15H,7,16-17H2,1-3H3,(H,33,34);2*4-6,8-15H,7,16-17,29H2,1-3H3,(H,33,35)(H,31,32,34). The van der Waals surface area contributed by atoms with Gasteiger partial charge in [-0.05, 0) is 231 Å². The van der Waals surface area contributed by atoms with Gasteiger partial charge in [-0.3, -0.25) is 0 Å². The van der Waals surface area contributed by atoms with Gasteiger partial charge in [0.1, 0.15) is 66.4 Å². The van der Waals surface area contributed by atoms with Crippen LogP contribution in [0.4, 0.5) is 30.8 Å². The van der Waals surface area contributed by atoms with E-state index in [1.165, 1.54) is 0 Å². The molecule has 142 heavy (non-hydrogen) atoms. The summed E-state index contributed by atoms with van der Waals surface area (Å²) in [6.45, 7) is 22.4. The Morgan fingerprint density at radius 1 is 0.246 bits per heavy atom. The van der Waals surface area contributed by atoms with Gasteiger partial charge in [0.2, 0.25) is 0 Å². The smallest absolute Gasteiger partial charge is 0.408 e.